The van der Waals surface area contributed by atoms with Crippen molar-refractivity contribution >= 4 is 56.1 Å². The van der Waals surface area contributed by atoms with Gasteiger partial charge in [-0.15, -0.1) is 0 Å². The Bertz CT molecular complexity index is 1950. The minimum absolute atomic E-state index is 0.948. The third-order valence-corrected chi connectivity index (χ3v) is 7.85. The van der Waals surface area contributed by atoms with Gasteiger partial charge >= 0.3 is 0 Å². The van der Waals surface area contributed by atoms with Crippen molar-refractivity contribution in [3.05, 3.63) is 142 Å². The Morgan fingerprint density at radius 1 is 0.842 bits per heavy atom. The van der Waals surface area contributed by atoms with Crippen molar-refractivity contribution < 1.29 is 0 Å². The van der Waals surface area contributed by atoms with Crippen LogP contribution < -0.4 is 10.4 Å². The average molecular weight is 489 g/mol. The van der Waals surface area contributed by atoms with Gasteiger partial charge in [-0.2, -0.15) is 0 Å². The fourth-order valence-electron chi connectivity index (χ4n) is 5.88. The van der Waals surface area contributed by atoms with Gasteiger partial charge in [-0.3, -0.25) is 0 Å². The second-order valence-electron chi connectivity index (χ2n) is 10.1. The molecule has 1 aliphatic rings. The Labute approximate surface area is 225 Å². The molecule has 0 aromatic heterocycles. The standard InChI is InChI=1S/C38H32/c1-5-28(23-31-15-11-10-12-25(31)3)36-24-29(6-2)33-20-21-34-32(26(4)22-27-13-8-7-9-14-27)18-16-30-17-19-35(36)38(33)37(30)34/h5,7-13,15-24H,3-4,6,14H2,1-2H3/b27-22-,28-5?,31-23-. The van der Waals surface area contributed by atoms with E-state index in [-0.39, 0.29) is 0 Å². The molecule has 0 N–H and O–H groups in total. The van der Waals surface area contributed by atoms with Crippen LogP contribution in [-0.2, 0) is 6.42 Å². The van der Waals surface area contributed by atoms with Crippen LogP contribution in [0.3, 0.4) is 0 Å². The van der Waals surface area contributed by atoms with Gasteiger partial charge in [-0.1, -0.05) is 117 Å². The Morgan fingerprint density at radius 3 is 2.37 bits per heavy atom. The van der Waals surface area contributed by atoms with E-state index < -0.39 is 0 Å². The molecule has 0 unspecified atom stereocenters. The first kappa shape index (κ1) is 23.9. The molecule has 0 amide bonds. The highest BCUT2D eigenvalue weighted by atomic mass is 14.2. The summed E-state index contributed by atoms with van der Waals surface area (Å²) in [6.45, 7) is 13.1. The molecule has 38 heavy (non-hydrogen) atoms. The molecule has 0 nitrogen and oxygen atoms in total. The summed E-state index contributed by atoms with van der Waals surface area (Å²) in [7, 11) is 0. The largest absolute Gasteiger partial charge is 0.0912 e. The van der Waals surface area contributed by atoms with Crippen molar-refractivity contribution in [2.24, 2.45) is 0 Å². The molecule has 0 heterocycles. The molecule has 0 aliphatic heterocycles. The first-order chi connectivity index (χ1) is 18.6. The highest BCUT2D eigenvalue weighted by Crippen LogP contribution is 2.42. The van der Waals surface area contributed by atoms with Gasteiger partial charge < -0.3 is 0 Å². The summed E-state index contributed by atoms with van der Waals surface area (Å²) >= 11 is 0. The van der Waals surface area contributed by atoms with Crippen LogP contribution >= 0.6 is 0 Å². The summed E-state index contributed by atoms with van der Waals surface area (Å²) < 4.78 is 0. The molecule has 1 aliphatic carbocycles. The smallest absolute Gasteiger partial charge is 0.00176 e. The molecule has 0 spiro atoms. The highest BCUT2D eigenvalue weighted by molar-refractivity contribution is 6.27. The van der Waals surface area contributed by atoms with Gasteiger partial charge in [0.1, 0.15) is 0 Å². The second-order valence-corrected chi connectivity index (χ2v) is 10.1. The van der Waals surface area contributed by atoms with Crippen LogP contribution in [0.15, 0.2) is 115 Å². The van der Waals surface area contributed by atoms with E-state index in [0.717, 1.165) is 28.9 Å². The Hall–Kier alpha value is -4.42. The van der Waals surface area contributed by atoms with Crippen LogP contribution in [0.2, 0.25) is 0 Å². The maximum atomic E-state index is 4.49. The monoisotopic (exact) mass is 488 g/mol. The molecular weight excluding hydrogens is 456 g/mol. The van der Waals surface area contributed by atoms with E-state index in [1.165, 1.54) is 60.2 Å². The van der Waals surface area contributed by atoms with Crippen molar-refractivity contribution in [2.45, 2.75) is 26.7 Å². The number of hydrogen-bond acceptors (Lipinski definition) is 0. The van der Waals surface area contributed by atoms with Gasteiger partial charge in [0, 0.05) is 0 Å². The number of rotatable bonds is 5. The van der Waals surface area contributed by atoms with Crippen molar-refractivity contribution in [3.8, 4) is 0 Å². The summed E-state index contributed by atoms with van der Waals surface area (Å²) in [6, 6.07) is 24.5. The Balaban J connectivity index is 1.63. The molecule has 5 aromatic rings. The van der Waals surface area contributed by atoms with Crippen LogP contribution in [0.1, 0.15) is 37.0 Å². The Kier molecular flexibility index (Phi) is 6.18. The minimum atomic E-state index is 0.948. The summed E-state index contributed by atoms with van der Waals surface area (Å²) in [5, 5.41) is 10.1. The molecule has 0 saturated carbocycles. The van der Waals surface area contributed by atoms with Gasteiger partial charge in [0.15, 0.2) is 0 Å². The molecule has 0 fully saturated rings. The molecule has 0 atom stereocenters. The number of allylic oxidation sites excluding steroid dienone is 9. The highest BCUT2D eigenvalue weighted by Gasteiger charge is 2.17. The van der Waals surface area contributed by atoms with Gasteiger partial charge in [0.05, 0.1) is 0 Å². The average Bonchev–Trinajstić information content (AvgIpc) is 2.95. The predicted octanol–water partition coefficient (Wildman–Crippen LogP) is 8.90. The van der Waals surface area contributed by atoms with E-state index in [2.05, 4.69) is 130 Å². The van der Waals surface area contributed by atoms with Gasteiger partial charge in [-0.05, 0) is 108 Å². The fraction of sp³-hybridized carbons (Fsp3) is 0.105. The van der Waals surface area contributed by atoms with Gasteiger partial charge in [-0.25, -0.2) is 0 Å². The lowest BCUT2D eigenvalue weighted by Gasteiger charge is -2.19. The molecule has 5 aromatic carbocycles. The second kappa shape index (κ2) is 9.80. The zero-order chi connectivity index (χ0) is 26.2. The van der Waals surface area contributed by atoms with Crippen molar-refractivity contribution in [2.75, 3.05) is 0 Å². The van der Waals surface area contributed by atoms with E-state index in [4.69, 9.17) is 0 Å². The lowest BCUT2D eigenvalue weighted by molar-refractivity contribution is 1.16. The molecule has 6 rings (SSSR count). The van der Waals surface area contributed by atoms with E-state index in [9.17, 15) is 0 Å². The predicted molar refractivity (Wildman–Crippen MR) is 169 cm³/mol. The molecule has 0 bridgehead atoms. The van der Waals surface area contributed by atoms with E-state index in [1.807, 2.05) is 6.07 Å². The van der Waals surface area contributed by atoms with Crippen LogP contribution in [0.5, 0.6) is 0 Å². The van der Waals surface area contributed by atoms with E-state index in [0.29, 0.717) is 0 Å². The Morgan fingerprint density at radius 2 is 1.61 bits per heavy atom. The summed E-state index contributed by atoms with van der Waals surface area (Å²) in [5.74, 6) is 0. The lowest BCUT2D eigenvalue weighted by atomic mass is 9.84. The first-order valence-corrected chi connectivity index (χ1v) is 13.5. The minimum Gasteiger partial charge on any atom is -0.0912 e. The third kappa shape index (κ3) is 4.03. The van der Waals surface area contributed by atoms with Gasteiger partial charge in [0.25, 0.3) is 0 Å². The van der Waals surface area contributed by atoms with Crippen molar-refractivity contribution in [1.82, 2.24) is 0 Å². The van der Waals surface area contributed by atoms with Crippen LogP contribution in [0.4, 0.5) is 0 Å². The zero-order valence-corrected chi connectivity index (χ0v) is 22.2. The zero-order valence-electron chi connectivity index (χ0n) is 22.2. The van der Waals surface area contributed by atoms with Crippen LogP contribution in [0.25, 0.3) is 56.1 Å². The molecule has 0 radical (unpaired) electrons. The van der Waals surface area contributed by atoms with Gasteiger partial charge in [0.2, 0.25) is 0 Å². The molecule has 184 valence electrons. The third-order valence-electron chi connectivity index (χ3n) is 7.85. The van der Waals surface area contributed by atoms with E-state index >= 15 is 0 Å². The number of hydrogen-bond donors (Lipinski definition) is 0. The quantitative estimate of drug-likeness (QED) is 0.217. The number of aryl methyl sites for hydroxylation is 1. The van der Waals surface area contributed by atoms with E-state index in [1.54, 1.807) is 0 Å². The summed E-state index contributed by atoms with van der Waals surface area (Å²) in [6.07, 6.45) is 17.2. The fourth-order valence-corrected chi connectivity index (χ4v) is 5.88. The molecule has 0 saturated heterocycles. The topological polar surface area (TPSA) is 0 Å². The normalized spacial score (nSPS) is 15.5. The number of benzene rings is 5. The maximum absolute atomic E-state index is 4.49. The van der Waals surface area contributed by atoms with Crippen LogP contribution in [0, 0.1) is 0 Å². The molecular formula is C38H32. The summed E-state index contributed by atoms with van der Waals surface area (Å²) in [5.41, 5.74) is 7.43. The first-order valence-electron chi connectivity index (χ1n) is 13.5. The SMILES string of the molecule is C=C(/C=C1/C=CC=CC1)c1ccc2ccc3c(C(=CC)/C=c4/ccccc4=C)cc(CC)c4ccc1c2c43. The maximum Gasteiger partial charge on any atom is -0.00176 e. The summed E-state index contributed by atoms with van der Waals surface area (Å²) in [4.78, 5) is 0. The van der Waals surface area contributed by atoms with Crippen LogP contribution in [-0.4, -0.2) is 0 Å². The molecule has 0 heteroatoms. The lowest BCUT2D eigenvalue weighted by Crippen LogP contribution is -2.21. The van der Waals surface area contributed by atoms with Crippen molar-refractivity contribution in [3.63, 3.8) is 0 Å². The van der Waals surface area contributed by atoms with Crippen molar-refractivity contribution in [1.29, 1.82) is 0 Å².